The van der Waals surface area contributed by atoms with Gasteiger partial charge in [0.25, 0.3) is 0 Å². The van der Waals surface area contributed by atoms with Crippen molar-refractivity contribution in [1.82, 2.24) is 4.90 Å². The van der Waals surface area contributed by atoms with Crippen LogP contribution in [0, 0.1) is 0 Å². The molecular weight excluding hydrogens is 188 g/mol. The predicted octanol–water partition coefficient (Wildman–Crippen LogP) is 1.90. The number of nitrogens with zero attached hydrogens (tertiary/aromatic N) is 1. The normalized spacial score (nSPS) is 19.9. The summed E-state index contributed by atoms with van der Waals surface area (Å²) in [7, 11) is 1.94. The number of nitrogens with two attached hydrogens (primary N) is 1. The minimum absolute atomic E-state index is 0.133. The molecule has 1 fully saturated rings. The van der Waals surface area contributed by atoms with E-state index in [-0.39, 0.29) is 11.9 Å². The fourth-order valence-corrected chi connectivity index (χ4v) is 2.20. The van der Waals surface area contributed by atoms with Gasteiger partial charge in [0.2, 0.25) is 5.91 Å². The van der Waals surface area contributed by atoms with E-state index in [1.807, 2.05) is 18.9 Å². The highest BCUT2D eigenvalue weighted by molar-refractivity contribution is 5.76. The van der Waals surface area contributed by atoms with E-state index in [1.54, 1.807) is 0 Å². The molecule has 1 rings (SSSR count). The largest absolute Gasteiger partial charge is 0.343 e. The average molecular weight is 212 g/mol. The van der Waals surface area contributed by atoms with Gasteiger partial charge in [-0.15, -0.1) is 0 Å². The minimum atomic E-state index is 0.133. The van der Waals surface area contributed by atoms with E-state index in [2.05, 4.69) is 0 Å². The van der Waals surface area contributed by atoms with Crippen LogP contribution < -0.4 is 5.73 Å². The Balaban J connectivity index is 2.30. The van der Waals surface area contributed by atoms with E-state index >= 15 is 0 Å². The predicted molar refractivity (Wildman–Crippen MR) is 62.5 cm³/mol. The lowest BCUT2D eigenvalue weighted by atomic mass is 9.94. The van der Waals surface area contributed by atoms with Gasteiger partial charge in [-0.1, -0.05) is 19.3 Å². The summed E-state index contributed by atoms with van der Waals surface area (Å²) < 4.78 is 0. The maximum atomic E-state index is 11.8. The standard InChI is InChI=1S/C12H24N2O/c1-10(13)8-9-12(15)14(2)11-6-4-3-5-7-11/h10-11H,3-9,13H2,1-2H3/t10-/m1/s1. The first-order valence-corrected chi connectivity index (χ1v) is 6.12. The van der Waals surface area contributed by atoms with Gasteiger partial charge in [0, 0.05) is 25.6 Å². The SMILES string of the molecule is C[C@@H](N)CCC(=O)N(C)C1CCCCC1. The molecule has 1 aliphatic rings. The number of amides is 1. The van der Waals surface area contributed by atoms with Crippen LogP contribution in [0.2, 0.25) is 0 Å². The van der Waals surface area contributed by atoms with Crippen LogP contribution >= 0.6 is 0 Å². The number of carbonyl (C=O) groups excluding carboxylic acids is 1. The molecule has 0 aromatic rings. The van der Waals surface area contributed by atoms with E-state index in [0.29, 0.717) is 12.5 Å². The Hall–Kier alpha value is -0.570. The highest BCUT2D eigenvalue weighted by Gasteiger charge is 2.21. The topological polar surface area (TPSA) is 46.3 Å². The molecule has 0 saturated heterocycles. The van der Waals surface area contributed by atoms with Crippen molar-refractivity contribution < 1.29 is 4.79 Å². The van der Waals surface area contributed by atoms with Crippen molar-refractivity contribution in [1.29, 1.82) is 0 Å². The molecule has 0 spiro atoms. The van der Waals surface area contributed by atoms with Crippen molar-refractivity contribution in [3.8, 4) is 0 Å². The first-order chi connectivity index (χ1) is 7.11. The third-order valence-electron chi connectivity index (χ3n) is 3.33. The summed E-state index contributed by atoms with van der Waals surface area (Å²) >= 11 is 0. The lowest BCUT2D eigenvalue weighted by Gasteiger charge is -2.31. The van der Waals surface area contributed by atoms with Gasteiger partial charge in [-0.3, -0.25) is 4.79 Å². The zero-order chi connectivity index (χ0) is 11.3. The first kappa shape index (κ1) is 12.5. The van der Waals surface area contributed by atoms with E-state index in [1.165, 1.54) is 32.1 Å². The Morgan fingerprint density at radius 1 is 1.40 bits per heavy atom. The van der Waals surface area contributed by atoms with E-state index < -0.39 is 0 Å². The summed E-state index contributed by atoms with van der Waals surface area (Å²) in [5, 5.41) is 0. The van der Waals surface area contributed by atoms with Crippen LogP contribution in [0.25, 0.3) is 0 Å². The molecule has 0 aliphatic heterocycles. The Morgan fingerprint density at radius 3 is 2.53 bits per heavy atom. The fraction of sp³-hybridized carbons (Fsp3) is 0.917. The molecule has 15 heavy (non-hydrogen) atoms. The summed E-state index contributed by atoms with van der Waals surface area (Å²) in [6.07, 6.45) is 7.64. The van der Waals surface area contributed by atoms with Gasteiger partial charge in [0.05, 0.1) is 0 Å². The maximum Gasteiger partial charge on any atom is 0.222 e. The number of hydrogen-bond acceptors (Lipinski definition) is 2. The van der Waals surface area contributed by atoms with Gasteiger partial charge in [-0.25, -0.2) is 0 Å². The van der Waals surface area contributed by atoms with Crippen molar-refractivity contribution in [2.24, 2.45) is 5.73 Å². The van der Waals surface area contributed by atoms with Gasteiger partial charge in [-0.05, 0) is 26.2 Å². The number of rotatable bonds is 4. The molecule has 0 unspecified atom stereocenters. The van der Waals surface area contributed by atoms with Crippen molar-refractivity contribution >= 4 is 5.91 Å². The summed E-state index contributed by atoms with van der Waals surface area (Å²) in [4.78, 5) is 13.8. The maximum absolute atomic E-state index is 11.8. The Morgan fingerprint density at radius 2 is 2.00 bits per heavy atom. The molecule has 0 bridgehead atoms. The summed E-state index contributed by atoms with van der Waals surface area (Å²) in [5.74, 6) is 0.263. The van der Waals surface area contributed by atoms with Crippen molar-refractivity contribution in [3.63, 3.8) is 0 Å². The molecule has 0 heterocycles. The van der Waals surface area contributed by atoms with Crippen molar-refractivity contribution in [2.75, 3.05) is 7.05 Å². The van der Waals surface area contributed by atoms with Gasteiger partial charge >= 0.3 is 0 Å². The van der Waals surface area contributed by atoms with E-state index in [9.17, 15) is 4.79 Å². The van der Waals surface area contributed by atoms with Crippen LogP contribution in [0.1, 0.15) is 51.9 Å². The minimum Gasteiger partial charge on any atom is -0.343 e. The quantitative estimate of drug-likeness (QED) is 0.773. The molecule has 0 aromatic carbocycles. The van der Waals surface area contributed by atoms with Gasteiger partial charge in [0.1, 0.15) is 0 Å². The van der Waals surface area contributed by atoms with Crippen LogP contribution in [0.15, 0.2) is 0 Å². The number of hydrogen-bond donors (Lipinski definition) is 1. The summed E-state index contributed by atoms with van der Waals surface area (Å²) in [6.45, 7) is 1.95. The molecule has 1 atom stereocenters. The van der Waals surface area contributed by atoms with E-state index in [0.717, 1.165) is 6.42 Å². The van der Waals surface area contributed by atoms with Gasteiger partial charge in [0.15, 0.2) is 0 Å². The van der Waals surface area contributed by atoms with Gasteiger partial charge < -0.3 is 10.6 Å². The Labute approximate surface area is 93.0 Å². The monoisotopic (exact) mass is 212 g/mol. The van der Waals surface area contributed by atoms with Crippen LogP contribution in [-0.4, -0.2) is 29.9 Å². The molecule has 1 amide bonds. The fourth-order valence-electron chi connectivity index (χ4n) is 2.20. The number of carbonyl (C=O) groups is 1. The lowest BCUT2D eigenvalue weighted by molar-refractivity contribution is -0.132. The van der Waals surface area contributed by atoms with E-state index in [4.69, 9.17) is 5.73 Å². The second-order valence-electron chi connectivity index (χ2n) is 4.81. The van der Waals surface area contributed by atoms with Crippen LogP contribution in [0.5, 0.6) is 0 Å². The molecule has 1 saturated carbocycles. The molecule has 0 radical (unpaired) electrons. The second-order valence-corrected chi connectivity index (χ2v) is 4.81. The molecule has 3 heteroatoms. The van der Waals surface area contributed by atoms with Crippen LogP contribution in [-0.2, 0) is 4.79 Å². The van der Waals surface area contributed by atoms with Crippen LogP contribution in [0.4, 0.5) is 0 Å². The zero-order valence-corrected chi connectivity index (χ0v) is 10.0. The lowest BCUT2D eigenvalue weighted by Crippen LogP contribution is -2.38. The average Bonchev–Trinajstić information content (AvgIpc) is 2.26. The molecule has 88 valence electrons. The summed E-state index contributed by atoms with van der Waals surface area (Å²) in [5.41, 5.74) is 5.65. The van der Waals surface area contributed by atoms with Crippen molar-refractivity contribution in [2.45, 2.75) is 64.0 Å². The third-order valence-corrected chi connectivity index (χ3v) is 3.33. The molecule has 3 nitrogen and oxygen atoms in total. The zero-order valence-electron chi connectivity index (χ0n) is 10.0. The molecule has 0 aromatic heterocycles. The molecule has 2 N–H and O–H groups in total. The molecular formula is C12H24N2O. The van der Waals surface area contributed by atoms with Crippen molar-refractivity contribution in [3.05, 3.63) is 0 Å². The third kappa shape index (κ3) is 4.20. The Bertz CT molecular complexity index is 198. The highest BCUT2D eigenvalue weighted by Crippen LogP contribution is 2.22. The smallest absolute Gasteiger partial charge is 0.222 e. The first-order valence-electron chi connectivity index (χ1n) is 6.12. The summed E-state index contributed by atoms with van der Waals surface area (Å²) in [6, 6.07) is 0.619. The highest BCUT2D eigenvalue weighted by atomic mass is 16.2. The van der Waals surface area contributed by atoms with Crippen LogP contribution in [0.3, 0.4) is 0 Å². The van der Waals surface area contributed by atoms with Gasteiger partial charge in [-0.2, -0.15) is 0 Å². The molecule has 1 aliphatic carbocycles. The Kier molecular flexibility index (Phi) is 5.09. The second kappa shape index (κ2) is 6.11.